The average molecular weight is 365 g/mol. The van der Waals surface area contributed by atoms with E-state index in [1.165, 1.54) is 11.1 Å². The molecule has 0 saturated carbocycles. The van der Waals surface area contributed by atoms with Gasteiger partial charge in [-0.3, -0.25) is 4.98 Å². The number of hydrogen-bond acceptors (Lipinski definition) is 4. The van der Waals surface area contributed by atoms with Crippen molar-refractivity contribution in [2.24, 2.45) is 0 Å². The fourth-order valence-corrected chi connectivity index (χ4v) is 3.37. The first kappa shape index (κ1) is 16.4. The Hall–Kier alpha value is -3.73. The topological polar surface area (TPSA) is 55.1 Å². The number of rotatable bonds is 5. The molecule has 5 aromatic rings. The smallest absolute Gasteiger partial charge is 0.153 e. The molecular weight excluding hydrogens is 346 g/mol. The van der Waals surface area contributed by atoms with Gasteiger partial charge in [0.25, 0.3) is 0 Å². The molecule has 0 fully saturated rings. The zero-order valence-electron chi connectivity index (χ0n) is 15.3. The van der Waals surface area contributed by atoms with Crippen LogP contribution in [-0.2, 0) is 13.0 Å². The van der Waals surface area contributed by atoms with E-state index in [1.54, 1.807) is 0 Å². The van der Waals surface area contributed by atoms with Crippen molar-refractivity contribution in [2.45, 2.75) is 13.0 Å². The molecular formula is C23H19N5. The zero-order valence-corrected chi connectivity index (χ0v) is 15.3. The van der Waals surface area contributed by atoms with E-state index in [2.05, 4.69) is 51.7 Å². The summed E-state index contributed by atoms with van der Waals surface area (Å²) in [6.45, 7) is 0.737. The van der Waals surface area contributed by atoms with E-state index in [0.717, 1.165) is 41.0 Å². The van der Waals surface area contributed by atoms with Crippen LogP contribution in [0.3, 0.4) is 0 Å². The molecule has 0 aliphatic carbocycles. The molecule has 136 valence electrons. The molecule has 5 heteroatoms. The highest BCUT2D eigenvalue weighted by atomic mass is 15.3. The molecule has 0 aliphatic rings. The van der Waals surface area contributed by atoms with Gasteiger partial charge in [0.1, 0.15) is 5.82 Å². The quantitative estimate of drug-likeness (QED) is 0.499. The molecule has 0 saturated heterocycles. The van der Waals surface area contributed by atoms with E-state index < -0.39 is 0 Å². The van der Waals surface area contributed by atoms with Crippen LogP contribution in [0.25, 0.3) is 16.6 Å². The molecule has 0 bridgehead atoms. The molecule has 0 atom stereocenters. The van der Waals surface area contributed by atoms with Gasteiger partial charge >= 0.3 is 0 Å². The van der Waals surface area contributed by atoms with Gasteiger partial charge in [-0.05, 0) is 41.5 Å². The maximum atomic E-state index is 4.74. The van der Waals surface area contributed by atoms with Crippen molar-refractivity contribution in [1.82, 2.24) is 19.6 Å². The molecule has 0 aliphatic heterocycles. The summed E-state index contributed by atoms with van der Waals surface area (Å²) in [5.41, 5.74) is 5.35. The minimum absolute atomic E-state index is 0.737. The first-order valence-electron chi connectivity index (χ1n) is 9.30. The van der Waals surface area contributed by atoms with Gasteiger partial charge in [0, 0.05) is 24.5 Å². The van der Waals surface area contributed by atoms with Crippen LogP contribution in [0.4, 0.5) is 5.82 Å². The number of imidazole rings is 1. The number of aromatic nitrogens is 4. The van der Waals surface area contributed by atoms with E-state index in [1.807, 2.05) is 53.3 Å². The van der Waals surface area contributed by atoms with Gasteiger partial charge in [0.05, 0.1) is 17.4 Å². The average Bonchev–Trinajstić information content (AvgIpc) is 3.15. The molecule has 28 heavy (non-hydrogen) atoms. The highest BCUT2D eigenvalue weighted by molar-refractivity contribution is 5.79. The highest BCUT2D eigenvalue weighted by Gasteiger charge is 2.08. The summed E-state index contributed by atoms with van der Waals surface area (Å²) in [6, 6.07) is 24.7. The van der Waals surface area contributed by atoms with Gasteiger partial charge in [-0.2, -0.15) is 0 Å². The Kier molecular flexibility index (Phi) is 4.18. The second kappa shape index (κ2) is 7.12. The van der Waals surface area contributed by atoms with Crippen molar-refractivity contribution in [3.8, 4) is 0 Å². The van der Waals surface area contributed by atoms with Gasteiger partial charge in [-0.25, -0.2) is 9.50 Å². The third-order valence-electron chi connectivity index (χ3n) is 4.80. The second-order valence-corrected chi connectivity index (χ2v) is 6.78. The van der Waals surface area contributed by atoms with Crippen LogP contribution in [0, 0.1) is 0 Å². The van der Waals surface area contributed by atoms with Crippen molar-refractivity contribution < 1.29 is 0 Å². The SMILES string of the molecule is c1ccc(CNc2ccc3ncc(Cc4ccc5ncccc5c4)n3n2)cc1. The number of nitrogens with one attached hydrogen (secondary N) is 1. The summed E-state index contributed by atoms with van der Waals surface area (Å²) < 4.78 is 1.92. The van der Waals surface area contributed by atoms with Crippen LogP contribution < -0.4 is 5.32 Å². The molecule has 0 amide bonds. The summed E-state index contributed by atoms with van der Waals surface area (Å²) in [6.07, 6.45) is 4.48. The second-order valence-electron chi connectivity index (χ2n) is 6.78. The number of nitrogens with zero attached hydrogens (tertiary/aromatic N) is 4. The van der Waals surface area contributed by atoms with Gasteiger partial charge < -0.3 is 5.32 Å². The molecule has 5 rings (SSSR count). The molecule has 0 radical (unpaired) electrons. The van der Waals surface area contributed by atoms with Crippen LogP contribution in [0.15, 0.2) is 85.2 Å². The number of fused-ring (bicyclic) bond motifs is 2. The van der Waals surface area contributed by atoms with E-state index in [0.29, 0.717) is 0 Å². The number of anilines is 1. The van der Waals surface area contributed by atoms with Crippen molar-refractivity contribution in [3.63, 3.8) is 0 Å². The number of pyridine rings is 1. The third kappa shape index (κ3) is 3.30. The van der Waals surface area contributed by atoms with E-state index in [9.17, 15) is 0 Å². The maximum absolute atomic E-state index is 4.74. The first-order valence-corrected chi connectivity index (χ1v) is 9.30. The lowest BCUT2D eigenvalue weighted by molar-refractivity contribution is 0.868. The minimum Gasteiger partial charge on any atom is -0.365 e. The van der Waals surface area contributed by atoms with Gasteiger partial charge in [-0.15, -0.1) is 5.10 Å². The molecule has 3 aromatic heterocycles. The van der Waals surface area contributed by atoms with Gasteiger partial charge in [-0.1, -0.05) is 42.5 Å². The predicted octanol–water partition coefficient (Wildman–Crippen LogP) is 4.48. The summed E-state index contributed by atoms with van der Waals surface area (Å²) in [5, 5.41) is 9.27. The van der Waals surface area contributed by atoms with Crippen LogP contribution in [-0.4, -0.2) is 19.6 Å². The lowest BCUT2D eigenvalue weighted by Crippen LogP contribution is -2.05. The monoisotopic (exact) mass is 365 g/mol. The summed E-state index contributed by atoms with van der Waals surface area (Å²) in [7, 11) is 0. The Bertz CT molecular complexity index is 1240. The van der Waals surface area contributed by atoms with Gasteiger partial charge in [0.2, 0.25) is 0 Å². The van der Waals surface area contributed by atoms with Crippen molar-refractivity contribution >= 4 is 22.4 Å². The van der Waals surface area contributed by atoms with E-state index in [-0.39, 0.29) is 0 Å². The lowest BCUT2D eigenvalue weighted by atomic mass is 10.1. The summed E-state index contributed by atoms with van der Waals surface area (Å²) in [4.78, 5) is 8.89. The highest BCUT2D eigenvalue weighted by Crippen LogP contribution is 2.18. The van der Waals surface area contributed by atoms with Crippen LogP contribution in [0.1, 0.15) is 16.8 Å². The van der Waals surface area contributed by atoms with Gasteiger partial charge in [0.15, 0.2) is 5.65 Å². The largest absolute Gasteiger partial charge is 0.365 e. The fraction of sp³-hybridized carbons (Fsp3) is 0.0870. The molecule has 0 spiro atoms. The Morgan fingerprint density at radius 1 is 0.821 bits per heavy atom. The van der Waals surface area contributed by atoms with Crippen molar-refractivity contribution in [1.29, 1.82) is 0 Å². The fourth-order valence-electron chi connectivity index (χ4n) is 3.37. The Morgan fingerprint density at radius 2 is 1.75 bits per heavy atom. The lowest BCUT2D eigenvalue weighted by Gasteiger charge is -2.08. The maximum Gasteiger partial charge on any atom is 0.153 e. The zero-order chi connectivity index (χ0) is 18.8. The number of hydrogen-bond donors (Lipinski definition) is 1. The van der Waals surface area contributed by atoms with E-state index in [4.69, 9.17) is 5.10 Å². The molecule has 3 heterocycles. The molecule has 0 unspecified atom stereocenters. The summed E-state index contributed by atoms with van der Waals surface area (Å²) >= 11 is 0. The van der Waals surface area contributed by atoms with Crippen LogP contribution in [0.5, 0.6) is 0 Å². The van der Waals surface area contributed by atoms with Crippen molar-refractivity contribution in [2.75, 3.05) is 5.32 Å². The first-order chi connectivity index (χ1) is 13.8. The van der Waals surface area contributed by atoms with E-state index >= 15 is 0 Å². The molecule has 5 nitrogen and oxygen atoms in total. The third-order valence-corrected chi connectivity index (χ3v) is 4.80. The number of benzene rings is 2. The molecule has 1 N–H and O–H groups in total. The predicted molar refractivity (Wildman–Crippen MR) is 111 cm³/mol. The normalized spacial score (nSPS) is 11.1. The Labute approximate surface area is 162 Å². The summed E-state index contributed by atoms with van der Waals surface area (Å²) in [5.74, 6) is 0.832. The van der Waals surface area contributed by atoms with Crippen molar-refractivity contribution in [3.05, 3.63) is 102 Å². The van der Waals surface area contributed by atoms with Crippen LogP contribution in [0.2, 0.25) is 0 Å². The Morgan fingerprint density at radius 3 is 2.68 bits per heavy atom. The minimum atomic E-state index is 0.737. The van der Waals surface area contributed by atoms with Crippen LogP contribution >= 0.6 is 0 Å². The Balaban J connectivity index is 1.41. The standard InChI is InChI=1S/C23H19N5/c1-2-5-17(6-3-1)15-25-22-10-11-23-26-16-20(28(23)27-22)14-18-8-9-21-19(13-18)7-4-12-24-21/h1-13,16H,14-15H2,(H,25,27). The molecule has 2 aromatic carbocycles.